The number of carbonyl (C=O) groups is 1. The molecule has 5 heteroatoms. The van der Waals surface area contributed by atoms with E-state index in [4.69, 9.17) is 5.73 Å². The number of hydrogen-bond donors (Lipinski definition) is 1. The monoisotopic (exact) mass is 266 g/mol. The molecule has 0 saturated heterocycles. The maximum Gasteiger partial charge on any atom is 0.252 e. The van der Waals surface area contributed by atoms with Gasteiger partial charge in [-0.15, -0.1) is 0 Å². The molecular weight excluding hydrogens is 252 g/mol. The Balaban J connectivity index is 2.35. The Bertz CT molecular complexity index is 820. The number of aryl methyl sites for hydroxylation is 2. The minimum absolute atomic E-state index is 0.370. The van der Waals surface area contributed by atoms with Gasteiger partial charge >= 0.3 is 0 Å². The van der Waals surface area contributed by atoms with Gasteiger partial charge in [0.05, 0.1) is 16.8 Å². The van der Waals surface area contributed by atoms with Crippen molar-refractivity contribution in [2.24, 2.45) is 5.73 Å². The summed E-state index contributed by atoms with van der Waals surface area (Å²) in [5, 5.41) is 5.26. The summed E-state index contributed by atoms with van der Waals surface area (Å²) in [6.45, 7) is 3.82. The number of pyridine rings is 1. The fourth-order valence-corrected chi connectivity index (χ4v) is 2.29. The third kappa shape index (κ3) is 1.93. The van der Waals surface area contributed by atoms with E-state index in [0.717, 1.165) is 22.3 Å². The summed E-state index contributed by atoms with van der Waals surface area (Å²) in [5.74, 6) is -0.0346. The van der Waals surface area contributed by atoms with Gasteiger partial charge in [-0.25, -0.2) is 9.67 Å². The maximum atomic E-state index is 11.7. The van der Waals surface area contributed by atoms with Crippen LogP contribution in [0.4, 0.5) is 0 Å². The largest absolute Gasteiger partial charge is 0.365 e. The third-order valence-corrected chi connectivity index (χ3v) is 3.18. The van der Waals surface area contributed by atoms with Gasteiger partial charge in [0, 0.05) is 11.1 Å². The van der Waals surface area contributed by atoms with Gasteiger partial charge in [0.1, 0.15) is 0 Å². The fourth-order valence-electron chi connectivity index (χ4n) is 2.29. The number of amides is 1. The molecule has 1 amide bonds. The number of nitrogens with two attached hydrogens (primary N) is 1. The highest BCUT2D eigenvalue weighted by Gasteiger charge is 2.15. The molecule has 0 unspecified atom stereocenters. The van der Waals surface area contributed by atoms with Crippen LogP contribution in [0, 0.1) is 13.8 Å². The zero-order chi connectivity index (χ0) is 14.3. The van der Waals surface area contributed by atoms with Gasteiger partial charge in [-0.1, -0.05) is 18.2 Å². The van der Waals surface area contributed by atoms with Crippen molar-refractivity contribution in [2.75, 3.05) is 0 Å². The van der Waals surface area contributed by atoms with Crippen LogP contribution in [0.25, 0.3) is 16.7 Å². The van der Waals surface area contributed by atoms with E-state index in [2.05, 4.69) is 10.1 Å². The van der Waals surface area contributed by atoms with Crippen LogP contribution in [0.1, 0.15) is 21.7 Å². The standard InChI is InChI=1S/C15H14N4O/c1-9-7-10(2)19(18-9)15-12(14(16)20)8-11-5-3-4-6-13(11)17-15/h3-8H,1-2H3,(H2,16,20). The highest BCUT2D eigenvalue weighted by Crippen LogP contribution is 2.20. The molecule has 0 aliphatic carbocycles. The first-order valence-corrected chi connectivity index (χ1v) is 6.29. The number of primary amides is 1. The number of para-hydroxylation sites is 1. The fraction of sp³-hybridized carbons (Fsp3) is 0.133. The topological polar surface area (TPSA) is 73.8 Å². The van der Waals surface area contributed by atoms with Gasteiger partial charge in [-0.05, 0) is 32.0 Å². The van der Waals surface area contributed by atoms with Crippen LogP contribution in [0.15, 0.2) is 36.4 Å². The molecule has 100 valence electrons. The quantitative estimate of drug-likeness (QED) is 0.772. The summed E-state index contributed by atoms with van der Waals surface area (Å²) in [7, 11) is 0. The highest BCUT2D eigenvalue weighted by molar-refractivity contribution is 5.99. The van der Waals surface area contributed by atoms with Crippen LogP contribution in [0.5, 0.6) is 0 Å². The SMILES string of the molecule is Cc1cc(C)n(-c2nc3ccccc3cc2C(N)=O)n1. The van der Waals surface area contributed by atoms with Crippen LogP contribution in [-0.2, 0) is 0 Å². The van der Waals surface area contributed by atoms with Crippen molar-refractivity contribution >= 4 is 16.8 Å². The first kappa shape index (κ1) is 12.3. The molecule has 0 aliphatic heterocycles. The molecule has 2 heterocycles. The van der Waals surface area contributed by atoms with E-state index in [1.165, 1.54) is 0 Å². The molecule has 3 aromatic rings. The third-order valence-electron chi connectivity index (χ3n) is 3.18. The molecular formula is C15H14N4O. The van der Waals surface area contributed by atoms with E-state index < -0.39 is 5.91 Å². The lowest BCUT2D eigenvalue weighted by Gasteiger charge is -2.09. The molecule has 1 aromatic carbocycles. The first-order valence-electron chi connectivity index (χ1n) is 6.29. The van der Waals surface area contributed by atoms with Crippen LogP contribution < -0.4 is 5.73 Å². The van der Waals surface area contributed by atoms with E-state index >= 15 is 0 Å². The maximum absolute atomic E-state index is 11.7. The number of carbonyl (C=O) groups excluding carboxylic acids is 1. The van der Waals surface area contributed by atoms with E-state index in [-0.39, 0.29) is 0 Å². The molecule has 2 aromatic heterocycles. The molecule has 0 bridgehead atoms. The Morgan fingerprint density at radius 1 is 1.20 bits per heavy atom. The number of hydrogen-bond acceptors (Lipinski definition) is 3. The second kappa shape index (κ2) is 4.45. The Kier molecular flexibility index (Phi) is 2.75. The minimum atomic E-state index is -0.509. The lowest BCUT2D eigenvalue weighted by Crippen LogP contribution is -2.17. The van der Waals surface area contributed by atoms with Crippen LogP contribution in [-0.4, -0.2) is 20.7 Å². The second-order valence-corrected chi connectivity index (χ2v) is 4.76. The van der Waals surface area contributed by atoms with Gasteiger partial charge in [-0.2, -0.15) is 5.10 Å². The average Bonchev–Trinajstić information content (AvgIpc) is 2.76. The van der Waals surface area contributed by atoms with Crippen molar-refractivity contribution in [1.29, 1.82) is 0 Å². The summed E-state index contributed by atoms with van der Waals surface area (Å²) in [5.41, 5.74) is 8.43. The van der Waals surface area contributed by atoms with Crippen molar-refractivity contribution in [3.05, 3.63) is 53.3 Å². The molecule has 2 N–H and O–H groups in total. The lowest BCUT2D eigenvalue weighted by atomic mass is 10.1. The normalized spacial score (nSPS) is 10.9. The summed E-state index contributed by atoms with van der Waals surface area (Å²) in [6.07, 6.45) is 0. The molecule has 5 nitrogen and oxygen atoms in total. The molecule has 0 saturated carbocycles. The Morgan fingerprint density at radius 3 is 2.60 bits per heavy atom. The van der Waals surface area contributed by atoms with Crippen molar-refractivity contribution < 1.29 is 4.79 Å². The van der Waals surface area contributed by atoms with Crippen LogP contribution >= 0.6 is 0 Å². The van der Waals surface area contributed by atoms with Crippen molar-refractivity contribution in [3.63, 3.8) is 0 Å². The van der Waals surface area contributed by atoms with Gasteiger partial charge in [0.15, 0.2) is 5.82 Å². The van der Waals surface area contributed by atoms with Crippen molar-refractivity contribution in [2.45, 2.75) is 13.8 Å². The van der Waals surface area contributed by atoms with Crippen LogP contribution in [0.2, 0.25) is 0 Å². The Hall–Kier alpha value is -2.69. The average molecular weight is 266 g/mol. The van der Waals surface area contributed by atoms with Gasteiger partial charge in [-0.3, -0.25) is 4.79 Å². The van der Waals surface area contributed by atoms with Gasteiger partial charge in [0.25, 0.3) is 5.91 Å². The number of fused-ring (bicyclic) bond motifs is 1. The van der Waals surface area contributed by atoms with Crippen LogP contribution in [0.3, 0.4) is 0 Å². The molecule has 0 spiro atoms. The Morgan fingerprint density at radius 2 is 1.95 bits per heavy atom. The highest BCUT2D eigenvalue weighted by atomic mass is 16.1. The molecule has 0 radical (unpaired) electrons. The first-order chi connectivity index (χ1) is 9.56. The number of nitrogens with zero attached hydrogens (tertiary/aromatic N) is 3. The summed E-state index contributed by atoms with van der Waals surface area (Å²) in [6, 6.07) is 11.3. The predicted molar refractivity (Wildman–Crippen MR) is 76.9 cm³/mol. The molecule has 0 fully saturated rings. The van der Waals surface area contributed by atoms with Gasteiger partial charge in [0.2, 0.25) is 0 Å². The van der Waals surface area contributed by atoms with Crippen molar-refractivity contribution in [3.8, 4) is 5.82 Å². The van der Waals surface area contributed by atoms with E-state index in [0.29, 0.717) is 11.4 Å². The zero-order valence-corrected chi connectivity index (χ0v) is 11.3. The number of benzene rings is 1. The second-order valence-electron chi connectivity index (χ2n) is 4.76. The van der Waals surface area contributed by atoms with Crippen molar-refractivity contribution in [1.82, 2.24) is 14.8 Å². The van der Waals surface area contributed by atoms with E-state index in [1.807, 2.05) is 44.2 Å². The smallest absolute Gasteiger partial charge is 0.252 e. The van der Waals surface area contributed by atoms with Gasteiger partial charge < -0.3 is 5.73 Å². The number of rotatable bonds is 2. The van der Waals surface area contributed by atoms with E-state index in [1.54, 1.807) is 10.7 Å². The summed E-state index contributed by atoms with van der Waals surface area (Å²) in [4.78, 5) is 16.2. The molecule has 20 heavy (non-hydrogen) atoms. The minimum Gasteiger partial charge on any atom is -0.365 e. The predicted octanol–water partition coefficient (Wildman–Crippen LogP) is 2.14. The lowest BCUT2D eigenvalue weighted by molar-refractivity contribution is 0.1000. The summed E-state index contributed by atoms with van der Waals surface area (Å²) < 4.78 is 1.65. The zero-order valence-electron chi connectivity index (χ0n) is 11.3. The molecule has 3 rings (SSSR count). The molecule has 0 atom stereocenters. The summed E-state index contributed by atoms with van der Waals surface area (Å²) >= 11 is 0. The van der Waals surface area contributed by atoms with E-state index in [9.17, 15) is 4.79 Å². The number of aromatic nitrogens is 3. The molecule has 0 aliphatic rings. The Labute approximate surface area is 116 Å².